The summed E-state index contributed by atoms with van der Waals surface area (Å²) in [6.07, 6.45) is 16.3. The van der Waals surface area contributed by atoms with E-state index in [2.05, 4.69) is 38.5 Å². The van der Waals surface area contributed by atoms with Crippen molar-refractivity contribution in [2.75, 3.05) is 0 Å². The molecule has 1 fully saturated rings. The summed E-state index contributed by atoms with van der Waals surface area (Å²) in [4.78, 5) is 0. The first kappa shape index (κ1) is 11.4. The molecule has 0 heterocycles. The van der Waals surface area contributed by atoms with Gasteiger partial charge in [-0.1, -0.05) is 56.9 Å². The quantitative estimate of drug-likeness (QED) is 0.616. The summed E-state index contributed by atoms with van der Waals surface area (Å²) < 4.78 is 0. The van der Waals surface area contributed by atoms with E-state index in [0.717, 1.165) is 14.2 Å². The fourth-order valence-electron chi connectivity index (χ4n) is 2.63. The van der Waals surface area contributed by atoms with E-state index in [1.165, 1.54) is 37.7 Å². The van der Waals surface area contributed by atoms with Gasteiger partial charge in [0.25, 0.3) is 0 Å². The summed E-state index contributed by atoms with van der Waals surface area (Å²) in [5.41, 5.74) is 2.54. The minimum Gasteiger partial charge on any atom is -0.109 e. The maximum absolute atomic E-state index is 2.41. The molecule has 1 heteroatoms. The van der Waals surface area contributed by atoms with Gasteiger partial charge in [0.15, 0.2) is 0 Å². The molecule has 15 heavy (non-hydrogen) atoms. The van der Waals surface area contributed by atoms with Crippen molar-refractivity contribution in [2.24, 2.45) is 0 Å². The van der Waals surface area contributed by atoms with Gasteiger partial charge in [0.1, 0.15) is 0 Å². The van der Waals surface area contributed by atoms with Crippen LogP contribution in [0.3, 0.4) is 0 Å². The first-order chi connectivity index (χ1) is 7.18. The number of allylic oxidation sites excluding steroid dienone is 4. The van der Waals surface area contributed by atoms with Gasteiger partial charge in [-0.2, -0.15) is 0 Å². The molecular weight excluding hydrogens is 199 g/mol. The lowest BCUT2D eigenvalue weighted by molar-refractivity contribution is 0.510. The van der Waals surface area contributed by atoms with Crippen molar-refractivity contribution in [1.29, 1.82) is 0 Å². The van der Waals surface area contributed by atoms with E-state index in [4.69, 9.17) is 0 Å². The minimum absolute atomic E-state index is 0.408. The maximum atomic E-state index is 2.41. The van der Waals surface area contributed by atoms with Crippen LogP contribution in [0.4, 0.5) is 0 Å². The fraction of sp³-hybridized carbons (Fsp3) is 0.643. The highest BCUT2D eigenvalue weighted by Gasteiger charge is 2.28. The third-order valence-electron chi connectivity index (χ3n) is 3.55. The van der Waals surface area contributed by atoms with Crippen LogP contribution in [-0.4, -0.2) is 10.8 Å². The molecule has 0 nitrogen and oxygen atoms in total. The van der Waals surface area contributed by atoms with Gasteiger partial charge in [-0.25, -0.2) is 0 Å². The zero-order chi connectivity index (χ0) is 10.7. The Morgan fingerprint density at radius 1 is 1.13 bits per heavy atom. The molecule has 2 aliphatic rings. The zero-order valence-electron chi connectivity index (χ0n) is 9.92. The molecule has 0 bridgehead atoms. The smallest absolute Gasteiger partial charge is 0.00926 e. The number of rotatable bonds is 3. The molecule has 0 spiro atoms. The largest absolute Gasteiger partial charge is 0.109 e. The highest BCUT2D eigenvalue weighted by molar-refractivity contribution is 7.41. The lowest BCUT2D eigenvalue weighted by Gasteiger charge is -2.33. The molecule has 0 aromatic heterocycles. The molecule has 2 aliphatic carbocycles. The van der Waals surface area contributed by atoms with Gasteiger partial charge < -0.3 is 0 Å². The van der Waals surface area contributed by atoms with E-state index >= 15 is 0 Å². The Bertz CT molecular complexity index is 267. The number of hydrogen-bond acceptors (Lipinski definition) is 0. The van der Waals surface area contributed by atoms with Crippen LogP contribution in [0.15, 0.2) is 23.8 Å². The van der Waals surface area contributed by atoms with Crippen molar-refractivity contribution in [3.63, 3.8) is 0 Å². The highest BCUT2D eigenvalue weighted by Crippen LogP contribution is 2.47. The molecule has 0 aliphatic heterocycles. The molecule has 1 atom stereocenters. The normalized spacial score (nSPS) is 24.0. The minimum atomic E-state index is 0.408. The SMILES string of the molecule is CC(C)(PC1CCCCC1)C1=CC=C[CH]1. The second kappa shape index (κ2) is 4.83. The fourth-order valence-corrected chi connectivity index (χ4v) is 4.68. The zero-order valence-corrected chi connectivity index (χ0v) is 10.9. The van der Waals surface area contributed by atoms with Crippen LogP contribution in [0.2, 0.25) is 0 Å². The third-order valence-corrected chi connectivity index (χ3v) is 5.55. The van der Waals surface area contributed by atoms with Gasteiger partial charge >= 0.3 is 0 Å². The van der Waals surface area contributed by atoms with Gasteiger partial charge in [-0.3, -0.25) is 0 Å². The first-order valence-electron chi connectivity index (χ1n) is 6.18. The molecule has 83 valence electrons. The highest BCUT2D eigenvalue weighted by atomic mass is 31.1. The van der Waals surface area contributed by atoms with Gasteiger partial charge in [0.05, 0.1) is 0 Å². The molecule has 0 amide bonds. The predicted octanol–water partition coefficient (Wildman–Crippen LogP) is 4.48. The standard InChI is InChI=1S/C14H22P/c1-14(2,12-8-6-7-9-12)15-13-10-4-3-5-11-13/h6-9,13,15H,3-5,10-11H2,1-2H3. The Kier molecular flexibility index (Phi) is 3.67. The summed E-state index contributed by atoms with van der Waals surface area (Å²) in [5.74, 6) is 0. The van der Waals surface area contributed by atoms with E-state index in [1.807, 2.05) is 0 Å². The van der Waals surface area contributed by atoms with Crippen LogP contribution >= 0.6 is 8.58 Å². The summed E-state index contributed by atoms with van der Waals surface area (Å²) in [7, 11) is 1.10. The lowest BCUT2D eigenvalue weighted by atomic mass is 10.00. The molecule has 1 radical (unpaired) electrons. The Morgan fingerprint density at radius 3 is 2.47 bits per heavy atom. The van der Waals surface area contributed by atoms with Gasteiger partial charge in [0, 0.05) is 11.6 Å². The Labute approximate surface area is 96.0 Å². The molecule has 1 unspecified atom stereocenters. The topological polar surface area (TPSA) is 0 Å². The average molecular weight is 221 g/mol. The second-order valence-corrected chi connectivity index (χ2v) is 7.63. The summed E-state index contributed by atoms with van der Waals surface area (Å²) in [6.45, 7) is 4.82. The van der Waals surface area contributed by atoms with Crippen molar-refractivity contribution in [3.8, 4) is 0 Å². The van der Waals surface area contributed by atoms with E-state index < -0.39 is 0 Å². The number of hydrogen-bond donors (Lipinski definition) is 0. The Balaban J connectivity index is 1.91. The van der Waals surface area contributed by atoms with Crippen LogP contribution in [-0.2, 0) is 0 Å². The second-order valence-electron chi connectivity index (χ2n) is 5.28. The molecular formula is C14H22P. The van der Waals surface area contributed by atoms with Crippen LogP contribution < -0.4 is 0 Å². The average Bonchev–Trinajstić information content (AvgIpc) is 2.71. The van der Waals surface area contributed by atoms with Crippen molar-refractivity contribution >= 4 is 8.58 Å². The van der Waals surface area contributed by atoms with E-state index in [1.54, 1.807) is 0 Å². The summed E-state index contributed by atoms with van der Waals surface area (Å²) >= 11 is 0. The summed E-state index contributed by atoms with van der Waals surface area (Å²) in [6, 6.07) is 0. The van der Waals surface area contributed by atoms with E-state index in [0.29, 0.717) is 5.16 Å². The maximum Gasteiger partial charge on any atom is 0.00926 e. The van der Waals surface area contributed by atoms with Crippen LogP contribution in [0.1, 0.15) is 46.0 Å². The molecule has 0 aromatic carbocycles. The van der Waals surface area contributed by atoms with Crippen LogP contribution in [0.5, 0.6) is 0 Å². The van der Waals surface area contributed by atoms with Gasteiger partial charge in [-0.15, -0.1) is 8.58 Å². The molecule has 0 saturated heterocycles. The van der Waals surface area contributed by atoms with Gasteiger partial charge in [-0.05, 0) is 18.5 Å². The molecule has 1 saturated carbocycles. The van der Waals surface area contributed by atoms with E-state index in [-0.39, 0.29) is 0 Å². The Morgan fingerprint density at radius 2 is 1.87 bits per heavy atom. The molecule has 0 N–H and O–H groups in total. The van der Waals surface area contributed by atoms with Gasteiger partial charge in [0.2, 0.25) is 0 Å². The van der Waals surface area contributed by atoms with Crippen molar-refractivity contribution < 1.29 is 0 Å². The third kappa shape index (κ3) is 2.94. The van der Waals surface area contributed by atoms with Crippen LogP contribution in [0.25, 0.3) is 0 Å². The van der Waals surface area contributed by atoms with Crippen molar-refractivity contribution in [3.05, 3.63) is 30.2 Å². The predicted molar refractivity (Wildman–Crippen MR) is 70.8 cm³/mol. The molecule has 0 aromatic rings. The lowest BCUT2D eigenvalue weighted by Crippen LogP contribution is -2.21. The molecule has 2 rings (SSSR count). The van der Waals surface area contributed by atoms with Crippen LogP contribution in [0, 0.1) is 6.42 Å². The van der Waals surface area contributed by atoms with E-state index in [9.17, 15) is 0 Å². The van der Waals surface area contributed by atoms with Crippen molar-refractivity contribution in [1.82, 2.24) is 0 Å². The summed E-state index contributed by atoms with van der Waals surface area (Å²) in [5, 5.41) is 0.408. The first-order valence-corrected chi connectivity index (χ1v) is 7.26. The Hall–Kier alpha value is -0.0900. The van der Waals surface area contributed by atoms with Crippen molar-refractivity contribution in [2.45, 2.75) is 56.8 Å². The monoisotopic (exact) mass is 221 g/mol.